The molecule has 0 radical (unpaired) electrons. The number of aromatic nitrogens is 2. The molecule has 0 spiro atoms. The lowest BCUT2D eigenvalue weighted by atomic mass is 10.2. The molecule has 1 N–H and O–H groups in total. The molecule has 1 aromatic carbocycles. The zero-order valence-electron chi connectivity index (χ0n) is 11.1. The molecule has 7 nitrogen and oxygen atoms in total. The first kappa shape index (κ1) is 15.0. The molecule has 0 fully saturated rings. The number of hydrogen-bond donors (Lipinski definition) is 1. The van der Waals surface area contributed by atoms with E-state index in [1.54, 1.807) is 31.2 Å². The molecule has 0 bridgehead atoms. The van der Waals surface area contributed by atoms with Crippen LogP contribution in [0.15, 0.2) is 24.3 Å². The van der Waals surface area contributed by atoms with Crippen LogP contribution in [0.2, 0.25) is 5.02 Å². The van der Waals surface area contributed by atoms with Crippen LogP contribution in [0, 0.1) is 17.0 Å². The van der Waals surface area contributed by atoms with Crippen molar-refractivity contribution in [1.29, 1.82) is 0 Å². The van der Waals surface area contributed by atoms with Gasteiger partial charge in [0.2, 0.25) is 0 Å². The third-order valence-electron chi connectivity index (χ3n) is 2.72. The van der Waals surface area contributed by atoms with Crippen molar-refractivity contribution in [3.8, 4) is 0 Å². The minimum absolute atomic E-state index is 0.0187. The number of nitrogens with zero attached hydrogens (tertiary/aromatic N) is 2. The molecule has 0 saturated carbocycles. The fourth-order valence-corrected chi connectivity index (χ4v) is 2.01. The second kappa shape index (κ2) is 6.36. The molecule has 110 valence electrons. The fraction of sp³-hybridized carbons (Fsp3) is 0.231. The number of aromatic amines is 1. The van der Waals surface area contributed by atoms with Crippen LogP contribution in [0.3, 0.4) is 0 Å². The van der Waals surface area contributed by atoms with Gasteiger partial charge in [-0.05, 0) is 17.1 Å². The molecule has 8 heteroatoms. The maximum Gasteiger partial charge on any atom is 0.344 e. The van der Waals surface area contributed by atoms with Gasteiger partial charge in [0.1, 0.15) is 5.69 Å². The topological polar surface area (TPSA) is 98.1 Å². The second-order valence-electron chi connectivity index (χ2n) is 4.24. The van der Waals surface area contributed by atoms with Crippen LogP contribution in [0.4, 0.5) is 5.82 Å². The number of carbonyl (C=O) groups is 1. The minimum Gasteiger partial charge on any atom is -0.462 e. The van der Waals surface area contributed by atoms with Crippen LogP contribution in [0.25, 0.3) is 0 Å². The van der Waals surface area contributed by atoms with Crippen molar-refractivity contribution >= 4 is 23.4 Å². The van der Waals surface area contributed by atoms with Crippen molar-refractivity contribution in [3.05, 3.63) is 56.5 Å². The van der Waals surface area contributed by atoms with E-state index in [4.69, 9.17) is 16.3 Å². The zero-order valence-corrected chi connectivity index (χ0v) is 11.9. The van der Waals surface area contributed by atoms with Gasteiger partial charge in [0, 0.05) is 13.3 Å². The molecule has 0 amide bonds. The average molecular weight is 310 g/mol. The third-order valence-corrected chi connectivity index (χ3v) is 3.05. The van der Waals surface area contributed by atoms with E-state index in [1.807, 2.05) is 0 Å². The van der Waals surface area contributed by atoms with E-state index < -0.39 is 10.9 Å². The molecule has 0 aliphatic rings. The van der Waals surface area contributed by atoms with Gasteiger partial charge in [-0.25, -0.2) is 14.8 Å². The third kappa shape index (κ3) is 3.57. The van der Waals surface area contributed by atoms with Gasteiger partial charge in [0.15, 0.2) is 5.82 Å². The summed E-state index contributed by atoms with van der Waals surface area (Å²) >= 11 is 5.88. The van der Waals surface area contributed by atoms with E-state index in [0.29, 0.717) is 10.8 Å². The smallest absolute Gasteiger partial charge is 0.344 e. The van der Waals surface area contributed by atoms with Crippen LogP contribution >= 0.6 is 11.6 Å². The molecule has 1 aromatic heterocycles. The first-order chi connectivity index (χ1) is 9.99. The van der Waals surface area contributed by atoms with E-state index >= 15 is 0 Å². The van der Waals surface area contributed by atoms with E-state index in [9.17, 15) is 14.9 Å². The van der Waals surface area contributed by atoms with Crippen molar-refractivity contribution in [2.75, 3.05) is 6.61 Å². The number of esters is 1. The number of carbonyl (C=O) groups excluding carboxylic acids is 1. The molecular weight excluding hydrogens is 298 g/mol. The highest BCUT2D eigenvalue weighted by atomic mass is 35.5. The van der Waals surface area contributed by atoms with Gasteiger partial charge < -0.3 is 14.9 Å². The number of halogens is 1. The number of ether oxygens (including phenoxy) is 1. The maximum atomic E-state index is 11.8. The molecule has 0 aliphatic carbocycles. The molecule has 1 heterocycles. The Morgan fingerprint density at radius 2 is 2.19 bits per heavy atom. The summed E-state index contributed by atoms with van der Waals surface area (Å²) in [6, 6.07) is 6.51. The summed E-state index contributed by atoms with van der Waals surface area (Å²) in [5.41, 5.74) is 0.510. The Morgan fingerprint density at radius 3 is 2.86 bits per heavy atom. The molecule has 0 unspecified atom stereocenters. The highest BCUT2D eigenvalue weighted by Gasteiger charge is 2.18. The Hall–Kier alpha value is -2.41. The van der Waals surface area contributed by atoms with Crippen LogP contribution in [-0.4, -0.2) is 27.5 Å². The number of nitrogens with one attached hydrogen (secondary N) is 1. The van der Waals surface area contributed by atoms with Gasteiger partial charge in [-0.2, -0.15) is 0 Å². The number of imidazole rings is 1. The first-order valence-electron chi connectivity index (χ1n) is 6.10. The molecule has 21 heavy (non-hydrogen) atoms. The Kier molecular flexibility index (Phi) is 4.54. The van der Waals surface area contributed by atoms with Gasteiger partial charge in [0.05, 0.1) is 17.2 Å². The van der Waals surface area contributed by atoms with Crippen LogP contribution < -0.4 is 0 Å². The number of H-pyrrole nitrogens is 1. The van der Waals surface area contributed by atoms with Gasteiger partial charge >= 0.3 is 11.8 Å². The summed E-state index contributed by atoms with van der Waals surface area (Å²) in [4.78, 5) is 28.6. The maximum absolute atomic E-state index is 11.8. The second-order valence-corrected chi connectivity index (χ2v) is 4.65. The summed E-state index contributed by atoms with van der Waals surface area (Å²) in [6.07, 6.45) is 0.150. The quantitative estimate of drug-likeness (QED) is 0.520. The van der Waals surface area contributed by atoms with Crippen molar-refractivity contribution in [2.24, 2.45) is 0 Å². The van der Waals surface area contributed by atoms with E-state index in [1.165, 1.54) is 0 Å². The number of nitro groups is 1. The minimum atomic E-state index is -0.574. The highest BCUT2D eigenvalue weighted by molar-refractivity contribution is 6.33. The predicted octanol–water partition coefficient (Wildman–Crippen LogP) is 2.68. The lowest BCUT2D eigenvalue weighted by molar-refractivity contribution is -0.390. The van der Waals surface area contributed by atoms with Gasteiger partial charge in [-0.1, -0.05) is 23.7 Å². The van der Waals surface area contributed by atoms with Crippen LogP contribution in [0.1, 0.15) is 21.9 Å². The average Bonchev–Trinajstić information content (AvgIpc) is 2.80. The van der Waals surface area contributed by atoms with E-state index in [2.05, 4.69) is 9.97 Å². The zero-order chi connectivity index (χ0) is 15.4. The predicted molar refractivity (Wildman–Crippen MR) is 75.4 cm³/mol. The number of hydrogen-bond acceptors (Lipinski definition) is 5. The Balaban J connectivity index is 1.97. The number of aryl methyl sites for hydroxylation is 1. The van der Waals surface area contributed by atoms with Crippen molar-refractivity contribution in [1.82, 2.24) is 9.97 Å². The Labute approximate surface area is 125 Å². The monoisotopic (exact) mass is 309 g/mol. The van der Waals surface area contributed by atoms with Crippen LogP contribution in [0.5, 0.6) is 0 Å². The van der Waals surface area contributed by atoms with Gasteiger partial charge in [-0.15, -0.1) is 0 Å². The summed E-state index contributed by atoms with van der Waals surface area (Å²) in [5, 5.41) is 11.1. The molecule has 0 saturated heterocycles. The Morgan fingerprint density at radius 1 is 1.48 bits per heavy atom. The van der Waals surface area contributed by atoms with E-state index in [-0.39, 0.29) is 30.1 Å². The normalized spacial score (nSPS) is 10.4. The number of benzene rings is 1. The molecule has 0 atom stereocenters. The summed E-state index contributed by atoms with van der Waals surface area (Å²) in [7, 11) is 0. The number of rotatable bonds is 5. The van der Waals surface area contributed by atoms with E-state index in [0.717, 1.165) is 0 Å². The summed E-state index contributed by atoms with van der Waals surface area (Å²) in [6.45, 7) is 1.60. The SMILES string of the molecule is Cc1nc(CCOC(=O)c2ccccc2Cl)c([N+](=O)[O-])[nH]1. The molecule has 2 aromatic rings. The van der Waals surface area contributed by atoms with Crippen molar-refractivity contribution in [3.63, 3.8) is 0 Å². The first-order valence-corrected chi connectivity index (χ1v) is 6.48. The molecule has 0 aliphatic heterocycles. The summed E-state index contributed by atoms with van der Waals surface area (Å²) < 4.78 is 5.06. The van der Waals surface area contributed by atoms with Crippen LogP contribution in [-0.2, 0) is 11.2 Å². The fourth-order valence-electron chi connectivity index (χ4n) is 1.80. The van der Waals surface area contributed by atoms with Crippen molar-refractivity contribution < 1.29 is 14.5 Å². The van der Waals surface area contributed by atoms with Gasteiger partial charge in [-0.3, -0.25) is 0 Å². The summed E-state index contributed by atoms with van der Waals surface area (Å²) in [5.74, 6) is -0.314. The van der Waals surface area contributed by atoms with Crippen molar-refractivity contribution in [2.45, 2.75) is 13.3 Å². The molecule has 2 rings (SSSR count). The lowest BCUT2D eigenvalue weighted by Gasteiger charge is -2.05. The Bertz CT molecular complexity index is 684. The largest absolute Gasteiger partial charge is 0.462 e. The molecular formula is C13H12ClN3O4. The standard InChI is InChI=1S/C13H12ClN3O4/c1-8-15-11(12(16-8)17(19)20)6-7-21-13(18)9-4-2-3-5-10(9)14/h2-5H,6-7H2,1H3,(H,15,16). The van der Waals surface area contributed by atoms with Gasteiger partial charge in [0.25, 0.3) is 0 Å². The lowest BCUT2D eigenvalue weighted by Crippen LogP contribution is -2.09. The highest BCUT2D eigenvalue weighted by Crippen LogP contribution is 2.17.